The first kappa shape index (κ1) is 6.90. The van der Waals surface area contributed by atoms with Crippen LogP contribution in [-0.4, -0.2) is 0 Å². The molecule has 1 saturated carbocycles. The van der Waals surface area contributed by atoms with E-state index in [4.69, 9.17) is 0 Å². The van der Waals surface area contributed by atoms with Gasteiger partial charge in [0.25, 0.3) is 0 Å². The summed E-state index contributed by atoms with van der Waals surface area (Å²) in [5, 5.41) is 0. The predicted octanol–water partition coefficient (Wildman–Crippen LogP) is 2.93. The molecule has 11 heavy (non-hydrogen) atoms. The smallest absolute Gasteiger partial charge is 0.0161 e. The van der Waals surface area contributed by atoms with Gasteiger partial charge in [0, 0.05) is 0 Å². The third-order valence-corrected chi connectivity index (χ3v) is 2.33. The summed E-state index contributed by atoms with van der Waals surface area (Å²) in [6, 6.07) is 9.75. The van der Waals surface area contributed by atoms with E-state index in [1.54, 1.807) is 0 Å². The quantitative estimate of drug-likeness (QED) is 0.600. The molecule has 57 valence electrons. The van der Waals surface area contributed by atoms with E-state index in [0.29, 0.717) is 0 Å². The average Bonchev–Trinajstić information content (AvgIpc) is 2.87. The van der Waals surface area contributed by atoms with Gasteiger partial charge >= 0.3 is 0 Å². The molecule has 0 nitrogen and oxygen atoms in total. The van der Waals surface area contributed by atoms with Gasteiger partial charge in [-0.25, -0.2) is 0 Å². The van der Waals surface area contributed by atoms with Gasteiger partial charge in [-0.2, -0.15) is 0 Å². The second kappa shape index (κ2) is 2.69. The molecular weight excluding hydrogens is 132 g/mol. The highest BCUT2D eigenvalue weighted by Crippen LogP contribution is 2.40. The Morgan fingerprint density at radius 3 is 2.91 bits per heavy atom. The normalized spacial score (nSPS) is 16.8. The minimum atomic E-state index is 0.873. The first-order chi connectivity index (χ1) is 5.40. The molecule has 0 aromatic heterocycles. The van der Waals surface area contributed by atoms with Crippen LogP contribution in [0.2, 0.25) is 0 Å². The van der Waals surface area contributed by atoms with Crippen molar-refractivity contribution in [2.45, 2.75) is 32.1 Å². The van der Waals surface area contributed by atoms with Crippen molar-refractivity contribution in [2.24, 2.45) is 0 Å². The highest BCUT2D eigenvalue weighted by atomic mass is 14.3. The van der Waals surface area contributed by atoms with Gasteiger partial charge in [-0.05, 0) is 42.4 Å². The Morgan fingerprint density at radius 1 is 1.45 bits per heavy atom. The zero-order valence-electron chi connectivity index (χ0n) is 6.93. The van der Waals surface area contributed by atoms with E-state index in [2.05, 4.69) is 31.2 Å². The van der Waals surface area contributed by atoms with Crippen LogP contribution < -0.4 is 0 Å². The number of benzene rings is 1. The van der Waals surface area contributed by atoms with Gasteiger partial charge in [-0.15, -0.1) is 0 Å². The van der Waals surface area contributed by atoms with E-state index in [-0.39, 0.29) is 0 Å². The molecule has 0 heteroatoms. The van der Waals surface area contributed by atoms with Crippen LogP contribution in [0.1, 0.15) is 36.8 Å². The lowest BCUT2D eigenvalue weighted by molar-refractivity contribution is 1.08. The lowest BCUT2D eigenvalue weighted by Crippen LogP contribution is -1.83. The van der Waals surface area contributed by atoms with Crippen molar-refractivity contribution in [1.29, 1.82) is 0 Å². The summed E-state index contributed by atoms with van der Waals surface area (Å²) in [6.45, 7) is 2.19. The van der Waals surface area contributed by atoms with Crippen molar-refractivity contribution in [2.75, 3.05) is 0 Å². The molecule has 0 saturated heterocycles. The Morgan fingerprint density at radius 2 is 2.27 bits per heavy atom. The summed E-state index contributed by atoms with van der Waals surface area (Å²) in [4.78, 5) is 0. The number of hydrogen-bond acceptors (Lipinski definition) is 0. The van der Waals surface area contributed by atoms with E-state index in [1.807, 2.05) is 0 Å². The third-order valence-electron chi connectivity index (χ3n) is 2.33. The van der Waals surface area contributed by atoms with Crippen molar-refractivity contribution in [3.8, 4) is 0 Å². The standard InChI is InChI=1S/C11H13/c1-2-9-4-3-5-11(8-9)10-6-7-10/h4-5,8,10H,2,6-7H2,1H3. The van der Waals surface area contributed by atoms with Gasteiger partial charge < -0.3 is 0 Å². The van der Waals surface area contributed by atoms with Crippen LogP contribution in [0.25, 0.3) is 0 Å². The molecule has 0 bridgehead atoms. The second-order valence-electron chi connectivity index (χ2n) is 3.30. The Labute approximate surface area is 68.3 Å². The van der Waals surface area contributed by atoms with Crippen LogP contribution in [0, 0.1) is 6.07 Å². The molecular formula is C11H13. The van der Waals surface area contributed by atoms with Gasteiger partial charge in [-0.1, -0.05) is 25.1 Å². The fraction of sp³-hybridized carbons (Fsp3) is 0.455. The first-order valence-electron chi connectivity index (χ1n) is 4.40. The maximum Gasteiger partial charge on any atom is -0.0161 e. The molecule has 1 aromatic rings. The zero-order valence-corrected chi connectivity index (χ0v) is 6.93. The molecule has 2 rings (SSSR count). The summed E-state index contributed by atoms with van der Waals surface area (Å²) in [6.07, 6.45) is 3.92. The van der Waals surface area contributed by atoms with E-state index >= 15 is 0 Å². The first-order valence-corrected chi connectivity index (χ1v) is 4.40. The number of aryl methyl sites for hydroxylation is 1. The molecule has 0 unspecified atom stereocenters. The Hall–Kier alpha value is -0.780. The van der Waals surface area contributed by atoms with Crippen LogP contribution in [-0.2, 0) is 6.42 Å². The van der Waals surface area contributed by atoms with Crippen LogP contribution in [0.3, 0.4) is 0 Å². The van der Waals surface area contributed by atoms with Crippen LogP contribution in [0.15, 0.2) is 18.2 Å². The fourth-order valence-corrected chi connectivity index (χ4v) is 1.40. The highest BCUT2D eigenvalue weighted by Gasteiger charge is 2.22. The van der Waals surface area contributed by atoms with Gasteiger partial charge in [0.05, 0.1) is 0 Å². The Balaban J connectivity index is 2.26. The van der Waals surface area contributed by atoms with Crippen molar-refractivity contribution in [3.05, 3.63) is 35.4 Å². The lowest BCUT2D eigenvalue weighted by atomic mass is 10.1. The molecule has 1 aliphatic carbocycles. The SMILES string of the molecule is CCc1c[c]cc(C2CC2)c1. The topological polar surface area (TPSA) is 0 Å². The van der Waals surface area contributed by atoms with Crippen molar-refractivity contribution >= 4 is 0 Å². The Kier molecular flexibility index (Phi) is 1.69. The van der Waals surface area contributed by atoms with Crippen molar-refractivity contribution < 1.29 is 0 Å². The van der Waals surface area contributed by atoms with Crippen LogP contribution in [0.5, 0.6) is 0 Å². The summed E-state index contributed by atoms with van der Waals surface area (Å²) in [5.74, 6) is 0.873. The van der Waals surface area contributed by atoms with Gasteiger partial charge in [0.1, 0.15) is 0 Å². The van der Waals surface area contributed by atoms with E-state index < -0.39 is 0 Å². The highest BCUT2D eigenvalue weighted by molar-refractivity contribution is 5.28. The van der Waals surface area contributed by atoms with E-state index in [1.165, 1.54) is 24.0 Å². The van der Waals surface area contributed by atoms with Gasteiger partial charge in [0.15, 0.2) is 0 Å². The van der Waals surface area contributed by atoms with Crippen LogP contribution >= 0.6 is 0 Å². The predicted molar refractivity (Wildman–Crippen MR) is 46.6 cm³/mol. The molecule has 0 atom stereocenters. The summed E-state index contributed by atoms with van der Waals surface area (Å²) in [5.41, 5.74) is 2.93. The number of hydrogen-bond donors (Lipinski definition) is 0. The summed E-state index contributed by atoms with van der Waals surface area (Å²) < 4.78 is 0. The zero-order chi connectivity index (χ0) is 7.68. The molecule has 0 spiro atoms. The molecule has 0 N–H and O–H groups in total. The Bertz CT molecular complexity index is 246. The summed E-state index contributed by atoms with van der Waals surface area (Å²) in [7, 11) is 0. The van der Waals surface area contributed by atoms with Crippen molar-refractivity contribution in [3.63, 3.8) is 0 Å². The molecule has 1 aliphatic rings. The van der Waals surface area contributed by atoms with Gasteiger partial charge in [-0.3, -0.25) is 0 Å². The maximum absolute atomic E-state index is 3.20. The largest absolute Gasteiger partial charge is 0.0613 e. The minimum Gasteiger partial charge on any atom is -0.0613 e. The molecule has 1 aromatic carbocycles. The number of rotatable bonds is 2. The fourth-order valence-electron chi connectivity index (χ4n) is 1.40. The molecule has 0 amide bonds. The third kappa shape index (κ3) is 1.45. The van der Waals surface area contributed by atoms with E-state index in [9.17, 15) is 0 Å². The van der Waals surface area contributed by atoms with Crippen LogP contribution in [0.4, 0.5) is 0 Å². The second-order valence-corrected chi connectivity index (χ2v) is 3.30. The van der Waals surface area contributed by atoms with Gasteiger partial charge in [0.2, 0.25) is 0 Å². The van der Waals surface area contributed by atoms with Crippen molar-refractivity contribution in [1.82, 2.24) is 0 Å². The minimum absolute atomic E-state index is 0.873. The maximum atomic E-state index is 3.20. The monoisotopic (exact) mass is 145 g/mol. The molecule has 1 radical (unpaired) electrons. The average molecular weight is 145 g/mol. The lowest BCUT2D eigenvalue weighted by Gasteiger charge is -1.99. The van der Waals surface area contributed by atoms with E-state index in [0.717, 1.165) is 12.3 Å². The molecule has 0 heterocycles. The molecule has 1 fully saturated rings. The summed E-state index contributed by atoms with van der Waals surface area (Å²) >= 11 is 0. The molecule has 0 aliphatic heterocycles.